The van der Waals surface area contributed by atoms with Crippen LogP contribution in [0.5, 0.6) is 0 Å². The molecule has 0 radical (unpaired) electrons. The first-order valence-corrected chi connectivity index (χ1v) is 8.13. The minimum atomic E-state index is 0.207. The summed E-state index contributed by atoms with van der Waals surface area (Å²) in [6.07, 6.45) is 6.03. The maximum Gasteiger partial charge on any atom is 0.222 e. The summed E-state index contributed by atoms with van der Waals surface area (Å²) in [6.45, 7) is 1.56. The molecule has 1 atom stereocenters. The van der Waals surface area contributed by atoms with E-state index in [1.165, 1.54) is 12.0 Å². The van der Waals surface area contributed by atoms with Crippen LogP contribution < -0.4 is 0 Å². The predicted molar refractivity (Wildman–Crippen MR) is 85.6 cm³/mol. The molecule has 1 amide bonds. The first-order valence-electron chi connectivity index (χ1n) is 7.75. The van der Waals surface area contributed by atoms with Gasteiger partial charge in [-0.15, -0.1) is 0 Å². The Labute approximate surface area is 132 Å². The van der Waals surface area contributed by atoms with Gasteiger partial charge in [-0.25, -0.2) is 0 Å². The van der Waals surface area contributed by atoms with E-state index in [4.69, 9.17) is 16.3 Å². The van der Waals surface area contributed by atoms with Crippen molar-refractivity contribution in [3.05, 3.63) is 34.9 Å². The Hall–Kier alpha value is -1.06. The van der Waals surface area contributed by atoms with Crippen LogP contribution >= 0.6 is 11.6 Å². The van der Waals surface area contributed by atoms with Crippen LogP contribution in [0.1, 0.15) is 37.7 Å². The molecule has 3 nitrogen and oxygen atoms in total. The third-order valence-electron chi connectivity index (χ3n) is 3.95. The number of amides is 1. The van der Waals surface area contributed by atoms with Gasteiger partial charge in [-0.3, -0.25) is 4.79 Å². The molecule has 1 saturated heterocycles. The summed E-state index contributed by atoms with van der Waals surface area (Å²) < 4.78 is 5.68. The number of carbonyl (C=O) groups is 1. The van der Waals surface area contributed by atoms with E-state index in [2.05, 4.69) is 0 Å². The van der Waals surface area contributed by atoms with E-state index in [1.807, 2.05) is 36.2 Å². The number of aryl methyl sites for hydroxylation is 1. The van der Waals surface area contributed by atoms with Crippen molar-refractivity contribution in [2.45, 2.75) is 44.6 Å². The maximum absolute atomic E-state index is 12.1. The molecule has 0 aromatic heterocycles. The van der Waals surface area contributed by atoms with Crippen molar-refractivity contribution in [3.63, 3.8) is 0 Å². The van der Waals surface area contributed by atoms with Crippen molar-refractivity contribution in [2.24, 2.45) is 0 Å². The van der Waals surface area contributed by atoms with E-state index in [1.54, 1.807) is 0 Å². The molecular weight excluding hydrogens is 286 g/mol. The molecule has 1 aliphatic heterocycles. The van der Waals surface area contributed by atoms with Crippen LogP contribution in [-0.4, -0.2) is 37.1 Å². The summed E-state index contributed by atoms with van der Waals surface area (Å²) in [5.74, 6) is 0.207. The quantitative estimate of drug-likeness (QED) is 0.802. The fourth-order valence-electron chi connectivity index (χ4n) is 2.64. The van der Waals surface area contributed by atoms with Gasteiger partial charge in [0.25, 0.3) is 0 Å². The predicted octanol–water partition coefficient (Wildman–Crippen LogP) is 3.69. The van der Waals surface area contributed by atoms with Gasteiger partial charge in [0, 0.05) is 31.6 Å². The topological polar surface area (TPSA) is 29.5 Å². The lowest BCUT2D eigenvalue weighted by molar-refractivity contribution is -0.132. The number of hydrogen-bond acceptors (Lipinski definition) is 2. The minimum Gasteiger partial charge on any atom is -0.376 e. The van der Waals surface area contributed by atoms with Crippen molar-refractivity contribution in [3.8, 4) is 0 Å². The van der Waals surface area contributed by atoms with E-state index >= 15 is 0 Å². The lowest BCUT2D eigenvalue weighted by atomic mass is 10.1. The van der Waals surface area contributed by atoms with Crippen molar-refractivity contribution in [1.82, 2.24) is 4.90 Å². The highest BCUT2D eigenvalue weighted by molar-refractivity contribution is 6.30. The van der Waals surface area contributed by atoms with E-state index in [0.717, 1.165) is 43.9 Å². The highest BCUT2D eigenvalue weighted by Gasteiger charge is 2.18. The third-order valence-corrected chi connectivity index (χ3v) is 4.20. The summed E-state index contributed by atoms with van der Waals surface area (Å²) >= 11 is 5.86. The smallest absolute Gasteiger partial charge is 0.222 e. The molecule has 0 aliphatic carbocycles. The Balaban J connectivity index is 1.67. The first kappa shape index (κ1) is 16.3. The Morgan fingerprint density at radius 1 is 1.33 bits per heavy atom. The van der Waals surface area contributed by atoms with E-state index in [0.29, 0.717) is 6.42 Å². The zero-order chi connectivity index (χ0) is 15.1. The number of rotatable bonds is 6. The second-order valence-corrected chi connectivity index (χ2v) is 6.18. The summed E-state index contributed by atoms with van der Waals surface area (Å²) in [5.41, 5.74) is 1.23. The third kappa shape index (κ3) is 5.68. The zero-order valence-corrected chi connectivity index (χ0v) is 13.4. The lowest BCUT2D eigenvalue weighted by Crippen LogP contribution is -2.37. The fourth-order valence-corrected chi connectivity index (χ4v) is 2.77. The van der Waals surface area contributed by atoms with Gasteiger partial charge >= 0.3 is 0 Å². The highest BCUT2D eigenvalue weighted by Crippen LogP contribution is 2.15. The van der Waals surface area contributed by atoms with Gasteiger partial charge in [-0.1, -0.05) is 23.7 Å². The zero-order valence-electron chi connectivity index (χ0n) is 12.7. The maximum atomic E-state index is 12.1. The monoisotopic (exact) mass is 309 g/mol. The van der Waals surface area contributed by atoms with Gasteiger partial charge in [0.1, 0.15) is 0 Å². The summed E-state index contributed by atoms with van der Waals surface area (Å²) in [5, 5.41) is 0.752. The lowest BCUT2D eigenvalue weighted by Gasteiger charge is -2.27. The van der Waals surface area contributed by atoms with Crippen molar-refractivity contribution >= 4 is 17.5 Å². The molecule has 2 rings (SSSR count). The van der Waals surface area contributed by atoms with E-state index in [-0.39, 0.29) is 12.0 Å². The molecule has 0 saturated carbocycles. The number of hydrogen-bond donors (Lipinski definition) is 0. The molecule has 4 heteroatoms. The number of ether oxygens (including phenoxy) is 1. The summed E-state index contributed by atoms with van der Waals surface area (Å²) in [7, 11) is 1.88. The Bertz CT molecular complexity index is 441. The normalized spacial score (nSPS) is 18.5. The van der Waals surface area contributed by atoms with E-state index < -0.39 is 0 Å². The van der Waals surface area contributed by atoms with Crippen LogP contribution in [0.25, 0.3) is 0 Å². The molecule has 1 aliphatic rings. The Morgan fingerprint density at radius 2 is 2.10 bits per heavy atom. The van der Waals surface area contributed by atoms with Crippen molar-refractivity contribution in [1.29, 1.82) is 0 Å². The Morgan fingerprint density at radius 3 is 2.76 bits per heavy atom. The minimum absolute atomic E-state index is 0.207. The summed E-state index contributed by atoms with van der Waals surface area (Å²) in [6, 6.07) is 7.83. The number of likely N-dealkylation sites (N-methyl/N-ethyl adjacent to an activating group) is 1. The molecule has 21 heavy (non-hydrogen) atoms. The molecular formula is C17H24ClNO2. The second kappa shape index (κ2) is 8.40. The largest absolute Gasteiger partial charge is 0.376 e. The number of carbonyl (C=O) groups excluding carboxylic acids is 1. The molecule has 1 unspecified atom stereocenters. The molecule has 1 aromatic carbocycles. The average molecular weight is 310 g/mol. The van der Waals surface area contributed by atoms with Gasteiger partial charge in [-0.2, -0.15) is 0 Å². The van der Waals surface area contributed by atoms with Crippen LogP contribution in [0.3, 0.4) is 0 Å². The standard InChI is InChI=1S/C17H24ClNO2/c1-19(13-16-6-2-3-12-21-16)17(20)7-4-5-14-8-10-15(18)11-9-14/h8-11,16H,2-7,12-13H2,1H3. The average Bonchev–Trinajstić information content (AvgIpc) is 2.50. The van der Waals surface area contributed by atoms with Gasteiger partial charge < -0.3 is 9.64 Å². The molecule has 0 spiro atoms. The molecule has 116 valence electrons. The van der Waals surface area contributed by atoms with Crippen LogP contribution in [0.15, 0.2) is 24.3 Å². The van der Waals surface area contributed by atoms with Crippen LogP contribution in [0.4, 0.5) is 0 Å². The van der Waals surface area contributed by atoms with Gasteiger partial charge in [0.05, 0.1) is 6.10 Å². The molecule has 1 heterocycles. The van der Waals surface area contributed by atoms with E-state index in [9.17, 15) is 4.79 Å². The molecule has 0 bridgehead atoms. The Kier molecular flexibility index (Phi) is 6.52. The van der Waals surface area contributed by atoms with Crippen LogP contribution in [0, 0.1) is 0 Å². The molecule has 1 fully saturated rings. The summed E-state index contributed by atoms with van der Waals surface area (Å²) in [4.78, 5) is 13.9. The van der Waals surface area contributed by atoms with Gasteiger partial charge in [0.15, 0.2) is 0 Å². The number of nitrogens with zero attached hydrogens (tertiary/aromatic N) is 1. The van der Waals surface area contributed by atoms with Gasteiger partial charge in [0.2, 0.25) is 5.91 Å². The number of benzene rings is 1. The van der Waals surface area contributed by atoms with Gasteiger partial charge in [-0.05, 0) is 49.8 Å². The fraction of sp³-hybridized carbons (Fsp3) is 0.588. The number of halogens is 1. The second-order valence-electron chi connectivity index (χ2n) is 5.74. The first-order chi connectivity index (χ1) is 10.1. The SMILES string of the molecule is CN(CC1CCCCO1)C(=O)CCCc1ccc(Cl)cc1. The molecule has 1 aromatic rings. The van der Waals surface area contributed by atoms with Crippen LogP contribution in [-0.2, 0) is 16.0 Å². The van der Waals surface area contributed by atoms with Crippen LogP contribution in [0.2, 0.25) is 5.02 Å². The molecule has 0 N–H and O–H groups in total. The van der Waals surface area contributed by atoms with Crippen molar-refractivity contribution < 1.29 is 9.53 Å². The highest BCUT2D eigenvalue weighted by atomic mass is 35.5. The van der Waals surface area contributed by atoms with Crippen molar-refractivity contribution in [2.75, 3.05) is 20.2 Å².